The highest BCUT2D eigenvalue weighted by molar-refractivity contribution is 7.84. The fourth-order valence-corrected chi connectivity index (χ4v) is 2.01. The van der Waals surface area contributed by atoms with Gasteiger partial charge in [-0.3, -0.25) is 0 Å². The van der Waals surface area contributed by atoms with Crippen LogP contribution in [0.1, 0.15) is 11.1 Å². The van der Waals surface area contributed by atoms with Gasteiger partial charge in [-0.15, -0.1) is 4.31 Å². The van der Waals surface area contributed by atoms with Crippen molar-refractivity contribution in [1.29, 1.82) is 0 Å². The first kappa shape index (κ1) is 24.1. The maximum absolute atomic E-state index is 11.7. The fourth-order valence-electron chi connectivity index (χ4n) is 1.39. The molecule has 0 aliphatic rings. The molecule has 0 saturated heterocycles. The zero-order chi connectivity index (χ0) is 20.5. The number of aliphatic hydroxyl groups is 1. The molecule has 26 heavy (non-hydrogen) atoms. The molecule has 0 amide bonds. The molecule has 0 aromatic heterocycles. The number of carbonyl (C=O) groups is 1. The number of carbonyl (C=O) groups excluding carboxylic acids is 1. The lowest BCUT2D eigenvalue weighted by molar-refractivity contribution is -0.179. The molecule has 0 aliphatic heterocycles. The molecule has 0 fully saturated rings. The summed E-state index contributed by atoms with van der Waals surface area (Å²) in [4.78, 5) is 10.5. The van der Waals surface area contributed by atoms with Crippen molar-refractivity contribution >= 4 is 22.0 Å². The quantitative estimate of drug-likeness (QED) is 0.541. The number of benzene rings is 1. The summed E-state index contributed by atoms with van der Waals surface area (Å²) in [6, 6.07) is 6.05. The lowest BCUT2D eigenvalue weighted by Gasteiger charge is -2.16. The Bertz CT molecular complexity index is 674. The minimum absolute atomic E-state index is 0.242. The number of alkyl halides is 3. The number of nitrogens with zero attached hydrogens (tertiary/aromatic N) is 1. The van der Waals surface area contributed by atoms with E-state index >= 15 is 0 Å². The average Bonchev–Trinajstić information content (AvgIpc) is 2.51. The Morgan fingerprint density at radius 3 is 2.15 bits per heavy atom. The van der Waals surface area contributed by atoms with Gasteiger partial charge in [-0.25, -0.2) is 4.79 Å². The van der Waals surface area contributed by atoms with Crippen LogP contribution in [0.15, 0.2) is 18.2 Å². The van der Waals surface area contributed by atoms with Gasteiger partial charge >= 0.3 is 22.4 Å². The van der Waals surface area contributed by atoms with Crippen molar-refractivity contribution in [2.24, 2.45) is 0 Å². The van der Waals surface area contributed by atoms with Crippen molar-refractivity contribution < 1.29 is 40.4 Å². The van der Waals surface area contributed by atoms with Crippen molar-refractivity contribution in [3.05, 3.63) is 29.3 Å². The topological polar surface area (TPSA) is 119 Å². The summed E-state index contributed by atoms with van der Waals surface area (Å²) in [6.07, 6.45) is -4.59. The smallest absolute Gasteiger partial charge is 0.398 e. The molecule has 0 unspecified atom stereocenters. The summed E-state index contributed by atoms with van der Waals surface area (Å²) >= 11 is 0. The lowest BCUT2D eigenvalue weighted by atomic mass is 10.1. The summed E-state index contributed by atoms with van der Waals surface area (Å²) in [6.45, 7) is 0.280. The van der Waals surface area contributed by atoms with Crippen LogP contribution < -0.4 is 5.73 Å². The predicted molar refractivity (Wildman–Crippen MR) is 87.1 cm³/mol. The van der Waals surface area contributed by atoms with E-state index in [0.29, 0.717) is 0 Å². The van der Waals surface area contributed by atoms with Crippen molar-refractivity contribution in [2.75, 3.05) is 32.7 Å². The number of hydrogen-bond acceptors (Lipinski definition) is 7. The van der Waals surface area contributed by atoms with E-state index in [-0.39, 0.29) is 4.31 Å². The molecule has 12 heteroatoms. The van der Waals surface area contributed by atoms with E-state index in [2.05, 4.69) is 8.92 Å². The van der Waals surface area contributed by atoms with Gasteiger partial charge in [-0.1, -0.05) is 18.2 Å². The van der Waals surface area contributed by atoms with E-state index in [9.17, 15) is 26.4 Å². The maximum atomic E-state index is 11.7. The second-order valence-electron chi connectivity index (χ2n) is 5.07. The van der Waals surface area contributed by atoms with Crippen LogP contribution in [0.5, 0.6) is 0 Å². The number of nitrogens with two attached hydrogens (primary N) is 1. The number of para-hydroxylation sites is 1. The third-order valence-corrected chi connectivity index (χ3v) is 4.06. The molecular formula is C14H21F3N2O6S. The molecule has 3 N–H and O–H groups in total. The molecule has 150 valence electrons. The number of rotatable bonds is 6. The number of aryl methyl sites for hydroxylation is 2. The number of aliphatic hydroxyl groups excluding tert-OH is 1. The molecule has 0 aliphatic carbocycles. The van der Waals surface area contributed by atoms with E-state index in [1.807, 2.05) is 32.0 Å². The van der Waals surface area contributed by atoms with Gasteiger partial charge in [-0.2, -0.15) is 21.6 Å². The Kier molecular flexibility index (Phi) is 9.56. The van der Waals surface area contributed by atoms with E-state index in [1.54, 1.807) is 0 Å². The Hall–Kier alpha value is -1.89. The Balaban J connectivity index is 0.000000577. The Morgan fingerprint density at radius 2 is 1.77 bits per heavy atom. The maximum Gasteiger partial charge on any atom is 0.411 e. The van der Waals surface area contributed by atoms with Crippen molar-refractivity contribution in [1.82, 2.24) is 4.31 Å². The first-order valence-corrected chi connectivity index (χ1v) is 8.42. The van der Waals surface area contributed by atoms with E-state index in [4.69, 9.17) is 10.8 Å². The molecule has 0 saturated carbocycles. The second-order valence-corrected chi connectivity index (χ2v) is 6.71. The normalized spacial score (nSPS) is 11.7. The highest BCUT2D eigenvalue weighted by Gasteiger charge is 2.29. The SMILES string of the molecule is CN(COCC(F)(F)F)S(=O)(=O)OC(=O)CO.Cc1cccc(C)c1N. The monoisotopic (exact) mass is 402 g/mol. The van der Waals surface area contributed by atoms with Gasteiger partial charge in [0.2, 0.25) is 0 Å². The summed E-state index contributed by atoms with van der Waals surface area (Å²) in [5.41, 5.74) is 8.92. The third kappa shape index (κ3) is 9.56. The van der Waals surface area contributed by atoms with Gasteiger partial charge in [0.25, 0.3) is 0 Å². The van der Waals surface area contributed by atoms with E-state index in [0.717, 1.165) is 23.9 Å². The number of ether oxygens (including phenoxy) is 1. The van der Waals surface area contributed by atoms with Crippen LogP contribution in [-0.4, -0.2) is 57.0 Å². The standard InChI is InChI=1S/C8H11N.C6H10F3NO6S/c1-6-4-3-5-7(2)8(6)9;1-10(4-15-3-6(7,8)9)17(13,14)16-5(12)2-11/h3-5H,9H2,1-2H3;11H,2-4H2,1H3. The first-order chi connectivity index (χ1) is 11.8. The molecule has 0 bridgehead atoms. The van der Waals surface area contributed by atoms with Crippen LogP contribution in [0.4, 0.5) is 18.9 Å². The molecule has 1 rings (SSSR count). The minimum Gasteiger partial charge on any atom is -0.398 e. The van der Waals surface area contributed by atoms with E-state index in [1.165, 1.54) is 0 Å². The molecule has 0 spiro atoms. The van der Waals surface area contributed by atoms with Gasteiger partial charge in [0, 0.05) is 12.7 Å². The van der Waals surface area contributed by atoms with E-state index < -0.39 is 42.4 Å². The zero-order valence-corrected chi connectivity index (χ0v) is 15.2. The molecule has 1 aromatic rings. The van der Waals surface area contributed by atoms with Gasteiger partial charge in [0.15, 0.2) is 0 Å². The van der Waals surface area contributed by atoms with Crippen LogP contribution in [0.25, 0.3) is 0 Å². The molecular weight excluding hydrogens is 381 g/mol. The second kappa shape index (κ2) is 10.3. The van der Waals surface area contributed by atoms with Crippen LogP contribution in [0, 0.1) is 13.8 Å². The number of halogens is 3. The van der Waals surface area contributed by atoms with Crippen LogP contribution in [0.3, 0.4) is 0 Å². The Morgan fingerprint density at radius 1 is 1.27 bits per heavy atom. The number of hydrogen-bond donors (Lipinski definition) is 2. The van der Waals surface area contributed by atoms with Gasteiger partial charge in [0.1, 0.15) is 19.9 Å². The molecule has 0 radical (unpaired) electrons. The van der Waals surface area contributed by atoms with Crippen molar-refractivity contribution in [3.8, 4) is 0 Å². The molecule has 1 aromatic carbocycles. The van der Waals surface area contributed by atoms with Crippen molar-refractivity contribution in [3.63, 3.8) is 0 Å². The van der Waals surface area contributed by atoms with Crippen LogP contribution in [0.2, 0.25) is 0 Å². The predicted octanol–water partition coefficient (Wildman–Crippen LogP) is 1.12. The van der Waals surface area contributed by atoms with Gasteiger partial charge < -0.3 is 19.8 Å². The van der Waals surface area contributed by atoms with Crippen LogP contribution in [-0.2, 0) is 24.0 Å². The molecule has 0 atom stereocenters. The summed E-state index contributed by atoms with van der Waals surface area (Å²) in [5.74, 6) is -1.45. The fraction of sp³-hybridized carbons (Fsp3) is 0.500. The third-order valence-electron chi connectivity index (χ3n) is 2.79. The zero-order valence-electron chi connectivity index (χ0n) is 14.4. The highest BCUT2D eigenvalue weighted by Crippen LogP contribution is 2.15. The Labute approximate surface area is 149 Å². The minimum atomic E-state index is -4.59. The first-order valence-electron chi connectivity index (χ1n) is 7.05. The van der Waals surface area contributed by atoms with Crippen LogP contribution >= 0.6 is 0 Å². The number of nitrogen functional groups attached to an aromatic ring is 1. The number of anilines is 1. The van der Waals surface area contributed by atoms with Crippen molar-refractivity contribution in [2.45, 2.75) is 20.0 Å². The summed E-state index contributed by atoms with van der Waals surface area (Å²) < 4.78 is 65.2. The molecule has 0 heterocycles. The largest absolute Gasteiger partial charge is 0.411 e. The van der Waals surface area contributed by atoms with Gasteiger partial charge in [-0.05, 0) is 25.0 Å². The lowest BCUT2D eigenvalue weighted by Crippen LogP contribution is -2.34. The van der Waals surface area contributed by atoms with Gasteiger partial charge in [0.05, 0.1) is 0 Å². The highest BCUT2D eigenvalue weighted by atomic mass is 32.2. The summed E-state index contributed by atoms with van der Waals surface area (Å²) in [5, 5.41) is 8.23. The summed E-state index contributed by atoms with van der Waals surface area (Å²) in [7, 11) is -3.71. The average molecular weight is 402 g/mol. The molecule has 8 nitrogen and oxygen atoms in total.